The van der Waals surface area contributed by atoms with Crippen LogP contribution in [0.3, 0.4) is 0 Å². The highest BCUT2D eigenvalue weighted by Gasteiger charge is 2.17. The molecule has 152 valence electrons. The normalized spacial score (nSPS) is 13.0. The fraction of sp³-hybridized carbons (Fsp3) is 0.409. The van der Waals surface area contributed by atoms with E-state index in [4.69, 9.17) is 0 Å². The SMILES string of the molecule is CC(=O)Nc1cccc(C(C)CCS(=O)(=O)Nc2cccc(C(C)(C)C)c2)c1. The van der Waals surface area contributed by atoms with Crippen LogP contribution in [0.4, 0.5) is 11.4 Å². The number of carbonyl (C=O) groups is 1. The van der Waals surface area contributed by atoms with E-state index in [1.54, 1.807) is 6.07 Å². The van der Waals surface area contributed by atoms with Crippen molar-refractivity contribution in [1.82, 2.24) is 0 Å². The summed E-state index contributed by atoms with van der Waals surface area (Å²) in [6, 6.07) is 15.0. The van der Waals surface area contributed by atoms with E-state index in [2.05, 4.69) is 30.8 Å². The highest BCUT2D eigenvalue weighted by atomic mass is 32.2. The summed E-state index contributed by atoms with van der Waals surface area (Å²) in [6.07, 6.45) is 0.484. The summed E-state index contributed by atoms with van der Waals surface area (Å²) < 4.78 is 27.8. The van der Waals surface area contributed by atoms with Crippen LogP contribution in [0.25, 0.3) is 0 Å². The molecular weight excluding hydrogens is 372 g/mol. The second-order valence-electron chi connectivity index (χ2n) is 8.25. The molecule has 1 atom stereocenters. The van der Waals surface area contributed by atoms with Crippen molar-refractivity contribution < 1.29 is 13.2 Å². The van der Waals surface area contributed by atoms with Crippen LogP contribution in [-0.2, 0) is 20.2 Å². The molecule has 0 radical (unpaired) electrons. The molecule has 28 heavy (non-hydrogen) atoms. The third-order valence-corrected chi connectivity index (χ3v) is 5.92. The van der Waals surface area contributed by atoms with Gasteiger partial charge in [0.05, 0.1) is 5.75 Å². The zero-order chi connectivity index (χ0) is 20.9. The standard InChI is InChI=1S/C22H30N2O3S/c1-16(18-8-6-10-20(14-18)23-17(2)25)12-13-28(26,27)24-21-11-7-9-19(15-21)22(3,4)5/h6-11,14-16,24H,12-13H2,1-5H3,(H,23,25). The molecule has 0 fully saturated rings. The van der Waals surface area contributed by atoms with Gasteiger partial charge in [0.2, 0.25) is 15.9 Å². The molecule has 0 aliphatic heterocycles. The lowest BCUT2D eigenvalue weighted by atomic mass is 9.87. The molecule has 2 N–H and O–H groups in total. The van der Waals surface area contributed by atoms with Crippen LogP contribution in [0.15, 0.2) is 48.5 Å². The Bertz CT molecular complexity index is 931. The first-order valence-corrected chi connectivity index (χ1v) is 11.1. The zero-order valence-corrected chi connectivity index (χ0v) is 18.1. The summed E-state index contributed by atoms with van der Waals surface area (Å²) in [5, 5.41) is 2.75. The van der Waals surface area contributed by atoms with Crippen molar-refractivity contribution in [3.8, 4) is 0 Å². The monoisotopic (exact) mass is 402 g/mol. The van der Waals surface area contributed by atoms with E-state index >= 15 is 0 Å². The molecule has 2 rings (SSSR count). The average Bonchev–Trinajstić information content (AvgIpc) is 2.58. The minimum absolute atomic E-state index is 0.0261. The number of hydrogen-bond donors (Lipinski definition) is 2. The molecule has 1 unspecified atom stereocenters. The Morgan fingerprint density at radius 1 is 1.04 bits per heavy atom. The van der Waals surface area contributed by atoms with Crippen molar-refractivity contribution >= 4 is 27.3 Å². The van der Waals surface area contributed by atoms with Gasteiger partial charge in [-0.05, 0) is 53.1 Å². The Morgan fingerprint density at radius 2 is 1.68 bits per heavy atom. The number of benzene rings is 2. The van der Waals surface area contributed by atoms with E-state index < -0.39 is 10.0 Å². The summed E-state index contributed by atoms with van der Waals surface area (Å²) in [4.78, 5) is 11.2. The summed E-state index contributed by atoms with van der Waals surface area (Å²) in [7, 11) is -3.45. The topological polar surface area (TPSA) is 75.3 Å². The van der Waals surface area contributed by atoms with Crippen LogP contribution in [-0.4, -0.2) is 20.1 Å². The first-order valence-electron chi connectivity index (χ1n) is 9.45. The average molecular weight is 403 g/mol. The summed E-state index contributed by atoms with van der Waals surface area (Å²) in [6.45, 7) is 9.73. The lowest BCUT2D eigenvalue weighted by Crippen LogP contribution is -2.19. The van der Waals surface area contributed by atoms with Crippen molar-refractivity contribution in [2.24, 2.45) is 0 Å². The van der Waals surface area contributed by atoms with Crippen molar-refractivity contribution in [3.05, 3.63) is 59.7 Å². The molecule has 1 amide bonds. The van der Waals surface area contributed by atoms with Crippen LogP contribution in [0.5, 0.6) is 0 Å². The number of sulfonamides is 1. The predicted octanol–water partition coefficient (Wildman–Crippen LogP) is 4.88. The zero-order valence-electron chi connectivity index (χ0n) is 17.2. The van der Waals surface area contributed by atoms with Gasteiger partial charge in [-0.1, -0.05) is 52.0 Å². The first kappa shape index (κ1) is 22.0. The summed E-state index contributed by atoms with van der Waals surface area (Å²) in [5.74, 6) is -0.0570. The molecule has 0 saturated carbocycles. The van der Waals surface area contributed by atoms with Crippen molar-refractivity contribution in [2.45, 2.75) is 52.4 Å². The number of rotatable bonds is 7. The van der Waals surface area contributed by atoms with Gasteiger partial charge in [-0.2, -0.15) is 0 Å². The molecule has 0 saturated heterocycles. The Labute approximate surface area is 168 Å². The third-order valence-electron chi connectivity index (χ3n) is 4.60. The van der Waals surface area contributed by atoms with E-state index in [0.29, 0.717) is 12.1 Å². The molecule has 0 heterocycles. The van der Waals surface area contributed by atoms with Crippen molar-refractivity contribution in [1.29, 1.82) is 0 Å². The summed E-state index contributed by atoms with van der Waals surface area (Å²) >= 11 is 0. The molecule has 6 heteroatoms. The smallest absolute Gasteiger partial charge is 0.232 e. The lowest BCUT2D eigenvalue weighted by Gasteiger charge is -2.20. The highest BCUT2D eigenvalue weighted by Crippen LogP contribution is 2.26. The molecule has 5 nitrogen and oxygen atoms in total. The third kappa shape index (κ3) is 6.68. The number of amides is 1. The van der Waals surface area contributed by atoms with Crippen LogP contribution < -0.4 is 10.0 Å². The second-order valence-corrected chi connectivity index (χ2v) is 10.1. The van der Waals surface area contributed by atoms with Gasteiger partial charge >= 0.3 is 0 Å². The largest absolute Gasteiger partial charge is 0.326 e. The quantitative estimate of drug-likeness (QED) is 0.693. The van der Waals surface area contributed by atoms with Gasteiger partial charge < -0.3 is 5.32 Å². The molecule has 2 aromatic carbocycles. The number of hydrogen-bond acceptors (Lipinski definition) is 3. The minimum Gasteiger partial charge on any atom is -0.326 e. The fourth-order valence-corrected chi connectivity index (χ4v) is 4.16. The van der Waals surface area contributed by atoms with Crippen LogP contribution in [0.1, 0.15) is 58.1 Å². The maximum atomic E-state index is 12.5. The highest BCUT2D eigenvalue weighted by molar-refractivity contribution is 7.92. The van der Waals surface area contributed by atoms with E-state index in [1.807, 2.05) is 49.4 Å². The first-order chi connectivity index (χ1) is 13.0. The Morgan fingerprint density at radius 3 is 2.32 bits per heavy atom. The van der Waals surface area contributed by atoms with Crippen LogP contribution in [0, 0.1) is 0 Å². The van der Waals surface area contributed by atoms with Crippen molar-refractivity contribution in [2.75, 3.05) is 15.8 Å². The molecule has 2 aromatic rings. The van der Waals surface area contributed by atoms with Crippen LogP contribution >= 0.6 is 0 Å². The van der Waals surface area contributed by atoms with Gasteiger partial charge in [0, 0.05) is 18.3 Å². The van der Waals surface area contributed by atoms with E-state index in [1.165, 1.54) is 6.92 Å². The van der Waals surface area contributed by atoms with Crippen molar-refractivity contribution in [3.63, 3.8) is 0 Å². The number of nitrogens with one attached hydrogen (secondary N) is 2. The Kier molecular flexibility index (Phi) is 6.88. The van der Waals surface area contributed by atoms with Gasteiger partial charge in [0.1, 0.15) is 0 Å². The van der Waals surface area contributed by atoms with Gasteiger partial charge in [-0.3, -0.25) is 9.52 Å². The molecule has 0 aliphatic carbocycles. The van der Waals surface area contributed by atoms with Gasteiger partial charge in [-0.25, -0.2) is 8.42 Å². The fourth-order valence-electron chi connectivity index (χ4n) is 2.90. The Balaban J connectivity index is 2.02. The van der Waals surface area contributed by atoms with E-state index in [9.17, 15) is 13.2 Å². The maximum Gasteiger partial charge on any atom is 0.232 e. The lowest BCUT2D eigenvalue weighted by molar-refractivity contribution is -0.114. The number of anilines is 2. The van der Waals surface area contributed by atoms with E-state index in [0.717, 1.165) is 16.8 Å². The molecular formula is C22H30N2O3S. The molecule has 0 aromatic heterocycles. The molecule has 0 bridgehead atoms. The number of carbonyl (C=O) groups excluding carboxylic acids is 1. The van der Waals surface area contributed by atoms with Gasteiger partial charge in [-0.15, -0.1) is 0 Å². The molecule has 0 aliphatic rings. The molecule has 0 spiro atoms. The minimum atomic E-state index is -3.45. The van der Waals surface area contributed by atoms with E-state index in [-0.39, 0.29) is 23.0 Å². The van der Waals surface area contributed by atoms with Gasteiger partial charge in [0.25, 0.3) is 0 Å². The second kappa shape index (κ2) is 8.78. The van der Waals surface area contributed by atoms with Gasteiger partial charge in [0.15, 0.2) is 0 Å². The maximum absolute atomic E-state index is 12.5. The summed E-state index contributed by atoms with van der Waals surface area (Å²) in [5.41, 5.74) is 3.34. The predicted molar refractivity (Wildman–Crippen MR) is 116 cm³/mol. The Hall–Kier alpha value is -2.34. The van der Waals surface area contributed by atoms with Crippen LogP contribution in [0.2, 0.25) is 0 Å².